The number of ether oxygens (including phenoxy) is 1. The first-order valence-corrected chi connectivity index (χ1v) is 6.93. The second-order valence-electron chi connectivity index (χ2n) is 4.64. The predicted octanol–water partition coefficient (Wildman–Crippen LogP) is 2.71. The van der Waals surface area contributed by atoms with Gasteiger partial charge in [0.1, 0.15) is 5.75 Å². The zero-order valence-corrected chi connectivity index (χ0v) is 12.7. The molecule has 1 aromatic carbocycles. The van der Waals surface area contributed by atoms with Crippen LogP contribution >= 0.6 is 12.2 Å². The fraction of sp³-hybridized carbons (Fsp3) is 0.333. The van der Waals surface area contributed by atoms with Gasteiger partial charge >= 0.3 is 0 Å². The molecule has 4 nitrogen and oxygen atoms in total. The van der Waals surface area contributed by atoms with Crippen molar-refractivity contribution in [3.8, 4) is 5.75 Å². The Kier molecular flexibility index (Phi) is 7.35. The number of hydrazone groups is 1. The molecule has 108 valence electrons. The average molecular weight is 291 g/mol. The summed E-state index contributed by atoms with van der Waals surface area (Å²) in [6.45, 7) is 9.17. The summed E-state index contributed by atoms with van der Waals surface area (Å²) in [4.78, 5) is 0. The summed E-state index contributed by atoms with van der Waals surface area (Å²) in [5.41, 5.74) is 3.70. The number of hydrogen-bond donors (Lipinski definition) is 2. The lowest BCUT2D eigenvalue weighted by Gasteiger charge is -2.08. The van der Waals surface area contributed by atoms with E-state index in [9.17, 15) is 0 Å². The normalized spacial score (nSPS) is 10.6. The molecule has 0 spiro atoms. The van der Waals surface area contributed by atoms with Gasteiger partial charge in [-0.05, 0) is 48.0 Å². The van der Waals surface area contributed by atoms with E-state index in [0.717, 1.165) is 17.9 Å². The molecule has 0 fully saturated rings. The van der Waals surface area contributed by atoms with Gasteiger partial charge in [0.05, 0.1) is 12.8 Å². The van der Waals surface area contributed by atoms with Gasteiger partial charge in [-0.1, -0.05) is 19.9 Å². The van der Waals surface area contributed by atoms with E-state index in [1.54, 1.807) is 12.3 Å². The zero-order chi connectivity index (χ0) is 14.8. The van der Waals surface area contributed by atoms with Crippen molar-refractivity contribution in [3.05, 3.63) is 42.5 Å². The van der Waals surface area contributed by atoms with Crippen LogP contribution in [0.2, 0.25) is 0 Å². The molecule has 1 rings (SSSR count). The van der Waals surface area contributed by atoms with Gasteiger partial charge in [0.25, 0.3) is 0 Å². The number of nitrogens with one attached hydrogen (secondary N) is 2. The summed E-state index contributed by atoms with van der Waals surface area (Å²) in [6, 6.07) is 7.75. The second-order valence-corrected chi connectivity index (χ2v) is 5.05. The maximum atomic E-state index is 5.61. The van der Waals surface area contributed by atoms with Crippen LogP contribution in [0.4, 0.5) is 0 Å². The molecule has 1 aromatic rings. The number of hydrogen-bond acceptors (Lipinski definition) is 3. The first-order valence-electron chi connectivity index (χ1n) is 6.52. The third-order valence-corrected chi connectivity index (χ3v) is 2.49. The highest BCUT2D eigenvalue weighted by Gasteiger charge is 1.97. The Hall–Kier alpha value is -1.88. The van der Waals surface area contributed by atoms with Crippen LogP contribution < -0.4 is 15.5 Å². The van der Waals surface area contributed by atoms with Crippen molar-refractivity contribution in [3.63, 3.8) is 0 Å². The molecule has 0 saturated carbocycles. The lowest BCUT2D eigenvalue weighted by molar-refractivity contribution is 0.271. The fourth-order valence-electron chi connectivity index (χ4n) is 1.28. The molecule has 5 heteroatoms. The van der Waals surface area contributed by atoms with E-state index in [2.05, 4.69) is 36.3 Å². The quantitative estimate of drug-likeness (QED) is 0.351. The molecule has 0 aliphatic heterocycles. The molecule has 0 unspecified atom stereocenters. The highest BCUT2D eigenvalue weighted by molar-refractivity contribution is 7.80. The molecular weight excluding hydrogens is 270 g/mol. The monoisotopic (exact) mass is 291 g/mol. The van der Waals surface area contributed by atoms with E-state index in [4.69, 9.17) is 17.0 Å². The Morgan fingerprint density at radius 3 is 2.70 bits per heavy atom. The predicted molar refractivity (Wildman–Crippen MR) is 88.3 cm³/mol. The maximum Gasteiger partial charge on any atom is 0.187 e. The minimum absolute atomic E-state index is 0.470. The van der Waals surface area contributed by atoms with Crippen LogP contribution in [0.25, 0.3) is 0 Å². The molecule has 2 N–H and O–H groups in total. The lowest BCUT2D eigenvalue weighted by atomic mass is 10.2. The van der Waals surface area contributed by atoms with Crippen LogP contribution in [0.15, 0.2) is 42.0 Å². The van der Waals surface area contributed by atoms with Crippen LogP contribution in [0.3, 0.4) is 0 Å². The smallest absolute Gasteiger partial charge is 0.187 e. The van der Waals surface area contributed by atoms with Crippen molar-refractivity contribution in [2.24, 2.45) is 11.0 Å². The van der Waals surface area contributed by atoms with E-state index in [1.165, 1.54) is 0 Å². The van der Waals surface area contributed by atoms with Crippen molar-refractivity contribution >= 4 is 23.5 Å². The van der Waals surface area contributed by atoms with Crippen LogP contribution in [-0.2, 0) is 0 Å². The van der Waals surface area contributed by atoms with Crippen molar-refractivity contribution < 1.29 is 4.74 Å². The maximum absolute atomic E-state index is 5.61. The topological polar surface area (TPSA) is 45.7 Å². The summed E-state index contributed by atoms with van der Waals surface area (Å²) in [7, 11) is 0. The summed E-state index contributed by atoms with van der Waals surface area (Å²) in [6.07, 6.45) is 3.43. The number of benzene rings is 1. The van der Waals surface area contributed by atoms with Crippen LogP contribution in [0.1, 0.15) is 19.4 Å². The van der Waals surface area contributed by atoms with Gasteiger partial charge in [-0.25, -0.2) is 0 Å². The molecule has 0 aliphatic rings. The number of thiocarbonyl (C=S) groups is 1. The van der Waals surface area contributed by atoms with Gasteiger partial charge < -0.3 is 10.1 Å². The van der Waals surface area contributed by atoms with E-state index in [1.807, 2.05) is 24.3 Å². The Bertz CT molecular complexity index is 455. The van der Waals surface area contributed by atoms with Crippen LogP contribution in [-0.4, -0.2) is 24.5 Å². The van der Waals surface area contributed by atoms with Gasteiger partial charge in [-0.15, -0.1) is 6.58 Å². The third-order valence-electron chi connectivity index (χ3n) is 2.25. The Morgan fingerprint density at radius 2 is 2.10 bits per heavy atom. The SMILES string of the molecule is C=CCNC(=S)N/N=C/c1ccc(OCC(C)C)cc1. The van der Waals surface area contributed by atoms with Crippen molar-refractivity contribution in [2.75, 3.05) is 13.2 Å². The van der Waals surface area contributed by atoms with Crippen molar-refractivity contribution in [1.29, 1.82) is 0 Å². The molecule has 0 heterocycles. The van der Waals surface area contributed by atoms with E-state index < -0.39 is 0 Å². The summed E-state index contributed by atoms with van der Waals surface area (Å²) < 4.78 is 5.61. The number of rotatable bonds is 7. The summed E-state index contributed by atoms with van der Waals surface area (Å²) in [5.74, 6) is 1.39. The Labute approximate surface area is 125 Å². The molecule has 0 aromatic heterocycles. The van der Waals surface area contributed by atoms with E-state index in [-0.39, 0.29) is 0 Å². The molecular formula is C15H21N3OS. The molecule has 0 bridgehead atoms. The molecule has 20 heavy (non-hydrogen) atoms. The minimum Gasteiger partial charge on any atom is -0.493 e. The first kappa shape index (κ1) is 16.2. The molecule has 0 saturated heterocycles. The van der Waals surface area contributed by atoms with E-state index >= 15 is 0 Å². The largest absolute Gasteiger partial charge is 0.493 e. The van der Waals surface area contributed by atoms with Gasteiger partial charge in [0, 0.05) is 6.54 Å². The van der Waals surface area contributed by atoms with E-state index in [0.29, 0.717) is 17.6 Å². The fourth-order valence-corrected chi connectivity index (χ4v) is 1.42. The lowest BCUT2D eigenvalue weighted by Crippen LogP contribution is -2.31. The third kappa shape index (κ3) is 6.89. The summed E-state index contributed by atoms with van der Waals surface area (Å²) in [5, 5.41) is 7.44. The Morgan fingerprint density at radius 1 is 1.40 bits per heavy atom. The highest BCUT2D eigenvalue weighted by atomic mass is 32.1. The highest BCUT2D eigenvalue weighted by Crippen LogP contribution is 2.12. The van der Waals surface area contributed by atoms with Crippen molar-refractivity contribution in [2.45, 2.75) is 13.8 Å². The second kappa shape index (κ2) is 9.09. The zero-order valence-electron chi connectivity index (χ0n) is 11.9. The average Bonchev–Trinajstić information content (AvgIpc) is 2.44. The molecule has 0 radical (unpaired) electrons. The van der Waals surface area contributed by atoms with Gasteiger partial charge in [0.15, 0.2) is 5.11 Å². The molecule has 0 aliphatic carbocycles. The molecule has 0 atom stereocenters. The van der Waals surface area contributed by atoms with Crippen molar-refractivity contribution in [1.82, 2.24) is 10.7 Å². The van der Waals surface area contributed by atoms with Gasteiger partial charge in [0.2, 0.25) is 0 Å². The van der Waals surface area contributed by atoms with Crippen LogP contribution in [0.5, 0.6) is 5.75 Å². The Balaban J connectivity index is 2.40. The number of nitrogens with zero attached hydrogens (tertiary/aromatic N) is 1. The van der Waals surface area contributed by atoms with Gasteiger partial charge in [-0.3, -0.25) is 5.43 Å². The summed E-state index contributed by atoms with van der Waals surface area (Å²) >= 11 is 5.01. The van der Waals surface area contributed by atoms with Gasteiger partial charge in [-0.2, -0.15) is 5.10 Å². The minimum atomic E-state index is 0.470. The first-order chi connectivity index (χ1) is 9.61. The standard InChI is InChI=1S/C15H21N3OS/c1-4-9-16-15(20)18-17-10-13-5-7-14(8-6-13)19-11-12(2)3/h4-8,10,12H,1,9,11H2,2-3H3,(H2,16,18,20)/b17-10+. The van der Waals surface area contributed by atoms with Crippen LogP contribution in [0, 0.1) is 5.92 Å². The molecule has 0 amide bonds.